The number of hydrazone groups is 1. The fraction of sp³-hybridized carbons (Fsp3) is 0.192. The molecular formula is C26H23ClN6O2S. The third-order valence-corrected chi connectivity index (χ3v) is 7.48. The summed E-state index contributed by atoms with van der Waals surface area (Å²) in [6.07, 6.45) is 1.55. The average molecular weight is 519 g/mol. The van der Waals surface area contributed by atoms with E-state index in [0.717, 1.165) is 38.8 Å². The smallest absolute Gasteiger partial charge is 0.242 e. The average Bonchev–Trinajstić information content (AvgIpc) is 3.33. The minimum atomic E-state index is -0.569. The zero-order chi connectivity index (χ0) is 25.4. The first kappa shape index (κ1) is 23.9. The summed E-state index contributed by atoms with van der Waals surface area (Å²) in [4.78, 5) is 19.2. The van der Waals surface area contributed by atoms with E-state index in [2.05, 4.69) is 34.6 Å². The lowest BCUT2D eigenvalue weighted by molar-refractivity contribution is -0.121. The third kappa shape index (κ3) is 4.55. The Labute approximate surface area is 217 Å². The van der Waals surface area contributed by atoms with Gasteiger partial charge in [-0.15, -0.1) is 21.5 Å². The van der Waals surface area contributed by atoms with Gasteiger partial charge in [0.05, 0.1) is 18.3 Å². The second kappa shape index (κ2) is 9.67. The maximum absolute atomic E-state index is 12.9. The molecule has 0 unspecified atom stereocenters. The van der Waals surface area contributed by atoms with Crippen molar-refractivity contribution in [3.63, 3.8) is 0 Å². The number of thiophene rings is 1. The summed E-state index contributed by atoms with van der Waals surface area (Å²) in [6, 6.07) is 13.5. The van der Waals surface area contributed by atoms with Crippen molar-refractivity contribution in [3.05, 3.63) is 92.3 Å². The van der Waals surface area contributed by atoms with E-state index in [1.54, 1.807) is 35.6 Å². The van der Waals surface area contributed by atoms with Crippen molar-refractivity contribution in [1.82, 2.24) is 20.2 Å². The second-order valence-electron chi connectivity index (χ2n) is 8.49. The summed E-state index contributed by atoms with van der Waals surface area (Å²) in [5.74, 6) is 1.20. The molecule has 182 valence electrons. The number of hydrogen-bond acceptors (Lipinski definition) is 7. The number of phenols is 1. The van der Waals surface area contributed by atoms with Gasteiger partial charge >= 0.3 is 0 Å². The molecule has 8 nitrogen and oxygen atoms in total. The highest BCUT2D eigenvalue weighted by atomic mass is 35.5. The molecule has 0 fully saturated rings. The van der Waals surface area contributed by atoms with E-state index in [1.807, 2.05) is 35.8 Å². The molecule has 10 heteroatoms. The number of nitrogens with zero attached hydrogens (tertiary/aromatic N) is 5. The predicted octanol–water partition coefficient (Wildman–Crippen LogP) is 5.05. The molecule has 2 N–H and O–H groups in total. The van der Waals surface area contributed by atoms with Gasteiger partial charge in [-0.3, -0.25) is 14.4 Å². The minimum Gasteiger partial charge on any atom is -0.508 e. The van der Waals surface area contributed by atoms with E-state index in [1.165, 1.54) is 11.1 Å². The van der Waals surface area contributed by atoms with E-state index in [4.69, 9.17) is 16.6 Å². The molecule has 2 aromatic heterocycles. The maximum Gasteiger partial charge on any atom is 0.242 e. The minimum absolute atomic E-state index is 0.0368. The lowest BCUT2D eigenvalue weighted by Crippen LogP contribution is -2.21. The van der Waals surface area contributed by atoms with Crippen molar-refractivity contribution in [2.24, 2.45) is 10.1 Å². The fourth-order valence-electron chi connectivity index (χ4n) is 4.09. The Hall–Kier alpha value is -3.82. The molecule has 0 radical (unpaired) electrons. The monoisotopic (exact) mass is 518 g/mol. The number of aromatic hydroxyl groups is 1. The van der Waals surface area contributed by atoms with Crippen LogP contribution in [0.5, 0.6) is 5.75 Å². The highest BCUT2D eigenvalue weighted by Gasteiger charge is 2.32. The Morgan fingerprint density at radius 1 is 1.14 bits per heavy atom. The van der Waals surface area contributed by atoms with E-state index in [-0.39, 0.29) is 18.1 Å². The first-order valence-corrected chi connectivity index (χ1v) is 12.5. The molecule has 5 rings (SSSR count). The van der Waals surface area contributed by atoms with Gasteiger partial charge in [0.2, 0.25) is 5.91 Å². The summed E-state index contributed by atoms with van der Waals surface area (Å²) in [7, 11) is 0. The molecule has 0 aliphatic carbocycles. The van der Waals surface area contributed by atoms with E-state index < -0.39 is 6.04 Å². The summed E-state index contributed by atoms with van der Waals surface area (Å²) < 4.78 is 2.00. The highest BCUT2D eigenvalue weighted by Crippen LogP contribution is 2.39. The number of aliphatic imine (C=N–C) groups is 1. The van der Waals surface area contributed by atoms with Crippen molar-refractivity contribution in [2.45, 2.75) is 33.2 Å². The molecular weight excluding hydrogens is 496 g/mol. The molecule has 36 heavy (non-hydrogen) atoms. The van der Waals surface area contributed by atoms with Gasteiger partial charge < -0.3 is 5.11 Å². The third-order valence-electron chi connectivity index (χ3n) is 6.03. The highest BCUT2D eigenvalue weighted by molar-refractivity contribution is 7.15. The molecule has 3 heterocycles. The molecule has 1 amide bonds. The van der Waals surface area contributed by atoms with Crippen molar-refractivity contribution < 1.29 is 9.90 Å². The largest absolute Gasteiger partial charge is 0.508 e. The van der Waals surface area contributed by atoms with Gasteiger partial charge in [0, 0.05) is 21.0 Å². The van der Waals surface area contributed by atoms with Crippen LogP contribution in [0.1, 0.15) is 51.2 Å². The summed E-state index contributed by atoms with van der Waals surface area (Å²) in [6.45, 7) is 6.07. The number of halogens is 1. The predicted molar refractivity (Wildman–Crippen MR) is 142 cm³/mol. The number of hydrogen-bond donors (Lipinski definition) is 2. The molecule has 2 aromatic carbocycles. The molecule has 1 aliphatic rings. The van der Waals surface area contributed by atoms with Crippen LogP contribution in [0.4, 0.5) is 0 Å². The van der Waals surface area contributed by atoms with E-state index in [9.17, 15) is 9.90 Å². The van der Waals surface area contributed by atoms with E-state index in [0.29, 0.717) is 10.8 Å². The number of carbonyl (C=O) groups is 1. The van der Waals surface area contributed by atoms with Crippen molar-refractivity contribution >= 4 is 40.8 Å². The molecule has 1 atom stereocenters. The zero-order valence-corrected chi connectivity index (χ0v) is 21.4. The molecule has 4 aromatic rings. The van der Waals surface area contributed by atoms with Crippen LogP contribution in [0.15, 0.2) is 58.6 Å². The summed E-state index contributed by atoms with van der Waals surface area (Å²) in [5, 5.41) is 23.8. The van der Waals surface area contributed by atoms with Crippen LogP contribution in [-0.2, 0) is 4.79 Å². The number of benzene rings is 2. The number of phenolic OH excluding ortho intramolecular Hbond substituents is 1. The first-order chi connectivity index (χ1) is 17.3. The topological polar surface area (TPSA) is 105 Å². The van der Waals surface area contributed by atoms with Crippen LogP contribution >= 0.6 is 22.9 Å². The van der Waals surface area contributed by atoms with E-state index >= 15 is 0 Å². The van der Waals surface area contributed by atoms with Gasteiger partial charge in [-0.2, -0.15) is 5.10 Å². The second-order valence-corrected chi connectivity index (χ2v) is 10.1. The lowest BCUT2D eigenvalue weighted by atomic mass is 9.99. The normalized spacial score (nSPS) is 14.8. The van der Waals surface area contributed by atoms with Crippen LogP contribution in [0.3, 0.4) is 0 Å². The Morgan fingerprint density at radius 3 is 2.58 bits per heavy atom. The zero-order valence-electron chi connectivity index (χ0n) is 19.9. The van der Waals surface area contributed by atoms with Gasteiger partial charge in [0.15, 0.2) is 5.82 Å². The maximum atomic E-state index is 12.9. The lowest BCUT2D eigenvalue weighted by Gasteiger charge is -2.12. The van der Waals surface area contributed by atoms with Gasteiger partial charge in [-0.05, 0) is 68.3 Å². The Morgan fingerprint density at radius 2 is 1.86 bits per heavy atom. The summed E-state index contributed by atoms with van der Waals surface area (Å²) in [5.41, 5.74) is 7.17. The Bertz CT molecular complexity index is 1500. The van der Waals surface area contributed by atoms with Crippen molar-refractivity contribution in [1.29, 1.82) is 0 Å². The van der Waals surface area contributed by atoms with Crippen LogP contribution in [0.25, 0.3) is 5.00 Å². The molecule has 0 spiro atoms. The van der Waals surface area contributed by atoms with Crippen LogP contribution in [0.2, 0.25) is 5.02 Å². The first-order valence-electron chi connectivity index (χ1n) is 11.3. The Balaban J connectivity index is 1.52. The molecule has 0 saturated heterocycles. The van der Waals surface area contributed by atoms with Crippen LogP contribution in [0, 0.1) is 20.8 Å². The van der Waals surface area contributed by atoms with Gasteiger partial charge in [0.25, 0.3) is 0 Å². The standard InChI is InChI=1S/C26H23ClN6O2S/c1-14-15(2)36-26-23(14)24(18-6-8-19(27)9-7-18)29-21(25-32-30-16(3)33(25)26)12-22(35)31-28-13-17-4-10-20(34)11-5-17/h4-11,13,21,34H,12H2,1-3H3,(H,31,35)/b28-13+/t21-/m0/s1. The van der Waals surface area contributed by atoms with Gasteiger partial charge in [-0.1, -0.05) is 23.7 Å². The number of rotatable bonds is 5. The van der Waals surface area contributed by atoms with Crippen LogP contribution < -0.4 is 5.43 Å². The summed E-state index contributed by atoms with van der Waals surface area (Å²) >= 11 is 7.81. The van der Waals surface area contributed by atoms with Gasteiger partial charge in [-0.25, -0.2) is 5.43 Å². The fourth-order valence-corrected chi connectivity index (χ4v) is 5.43. The number of amides is 1. The Kier molecular flexibility index (Phi) is 6.42. The quantitative estimate of drug-likeness (QED) is 0.285. The number of carbonyl (C=O) groups excluding carboxylic acids is 1. The number of fused-ring (bicyclic) bond motifs is 3. The van der Waals surface area contributed by atoms with Crippen molar-refractivity contribution in [3.8, 4) is 10.8 Å². The molecule has 1 aliphatic heterocycles. The number of aryl methyl sites for hydroxylation is 2. The molecule has 0 saturated carbocycles. The van der Waals surface area contributed by atoms with Crippen LogP contribution in [-0.4, -0.2) is 37.7 Å². The van der Waals surface area contributed by atoms with Crippen molar-refractivity contribution in [2.75, 3.05) is 0 Å². The number of nitrogens with one attached hydrogen (secondary N) is 1. The number of aromatic nitrogens is 3. The molecule has 0 bridgehead atoms. The van der Waals surface area contributed by atoms with Gasteiger partial charge in [0.1, 0.15) is 22.6 Å². The SMILES string of the molecule is Cc1sc2c(c1C)C(c1ccc(Cl)cc1)=N[C@@H](CC(=O)N/N=C/c1ccc(O)cc1)c1nnc(C)n1-2.